The summed E-state index contributed by atoms with van der Waals surface area (Å²) in [5.41, 5.74) is 0.979. The molecule has 0 aromatic heterocycles. The first-order chi connectivity index (χ1) is 9.65. The van der Waals surface area contributed by atoms with Crippen LogP contribution in [0.2, 0.25) is 5.02 Å². The van der Waals surface area contributed by atoms with Gasteiger partial charge in [0.1, 0.15) is 0 Å². The summed E-state index contributed by atoms with van der Waals surface area (Å²) in [4.78, 5) is 16.4. The Labute approximate surface area is 126 Å². The Kier molecular flexibility index (Phi) is 5.86. The summed E-state index contributed by atoms with van der Waals surface area (Å²) < 4.78 is 0. The molecule has 0 spiro atoms. The van der Waals surface area contributed by atoms with Gasteiger partial charge in [-0.15, -0.1) is 0 Å². The lowest BCUT2D eigenvalue weighted by atomic mass is 10.1. The molecule has 0 unspecified atom stereocenters. The Bertz CT molecular complexity index is 444. The fourth-order valence-electron chi connectivity index (χ4n) is 2.56. The van der Waals surface area contributed by atoms with Crippen LogP contribution in [0.5, 0.6) is 0 Å². The van der Waals surface area contributed by atoms with Gasteiger partial charge in [0.15, 0.2) is 0 Å². The van der Waals surface area contributed by atoms with E-state index in [0.29, 0.717) is 11.4 Å². The number of likely N-dealkylation sites (tertiary alicyclic amines) is 1. The quantitative estimate of drug-likeness (QED) is 0.834. The Hall–Kier alpha value is -1.06. The Morgan fingerprint density at radius 2 is 2.05 bits per heavy atom. The van der Waals surface area contributed by atoms with Crippen LogP contribution in [0, 0.1) is 0 Å². The zero-order chi connectivity index (χ0) is 14.4. The minimum atomic E-state index is 0.157. The van der Waals surface area contributed by atoms with E-state index in [0.717, 1.165) is 18.7 Å². The van der Waals surface area contributed by atoms with Crippen molar-refractivity contribution in [3.8, 4) is 0 Å². The Balaban J connectivity index is 1.76. The molecule has 0 N–H and O–H groups in total. The fraction of sp³-hybridized carbons (Fsp3) is 0.562. The first-order valence-corrected chi connectivity index (χ1v) is 7.74. The van der Waals surface area contributed by atoms with Crippen molar-refractivity contribution < 1.29 is 4.79 Å². The highest BCUT2D eigenvalue weighted by molar-refractivity contribution is 6.30. The molecule has 1 fully saturated rings. The van der Waals surface area contributed by atoms with Crippen molar-refractivity contribution in [2.75, 3.05) is 33.2 Å². The average Bonchev–Trinajstić information content (AvgIpc) is 2.46. The van der Waals surface area contributed by atoms with Crippen LogP contribution >= 0.6 is 11.6 Å². The number of benzene rings is 1. The summed E-state index contributed by atoms with van der Waals surface area (Å²) in [6.45, 7) is 4.14. The molecule has 1 aliphatic heterocycles. The zero-order valence-electron chi connectivity index (χ0n) is 12.1. The molecule has 2 rings (SSSR count). The Morgan fingerprint density at radius 3 is 2.75 bits per heavy atom. The summed E-state index contributed by atoms with van der Waals surface area (Å²) in [5.74, 6) is 0.157. The number of hydrogen-bond donors (Lipinski definition) is 0. The highest BCUT2D eigenvalue weighted by Gasteiger charge is 2.13. The molecule has 20 heavy (non-hydrogen) atoms. The third-order valence-corrected chi connectivity index (χ3v) is 4.11. The van der Waals surface area contributed by atoms with Gasteiger partial charge < -0.3 is 9.80 Å². The van der Waals surface area contributed by atoms with Crippen LogP contribution in [0.1, 0.15) is 24.8 Å². The lowest BCUT2D eigenvalue weighted by molar-refractivity contribution is -0.129. The molecule has 1 amide bonds. The number of amides is 1. The predicted octanol–water partition coefficient (Wildman–Crippen LogP) is 2.83. The van der Waals surface area contributed by atoms with Crippen molar-refractivity contribution in [1.29, 1.82) is 0 Å². The zero-order valence-corrected chi connectivity index (χ0v) is 12.9. The molecule has 0 radical (unpaired) electrons. The highest BCUT2D eigenvalue weighted by atomic mass is 35.5. The van der Waals surface area contributed by atoms with Crippen LogP contribution in [0.15, 0.2) is 24.3 Å². The van der Waals surface area contributed by atoms with Crippen molar-refractivity contribution in [3.05, 3.63) is 34.9 Å². The molecular formula is C16H23ClN2O. The number of piperidine rings is 1. The van der Waals surface area contributed by atoms with E-state index in [4.69, 9.17) is 11.6 Å². The monoisotopic (exact) mass is 294 g/mol. The van der Waals surface area contributed by atoms with E-state index < -0.39 is 0 Å². The summed E-state index contributed by atoms with van der Waals surface area (Å²) in [7, 11) is 1.89. The smallest absolute Gasteiger partial charge is 0.226 e. The van der Waals surface area contributed by atoms with E-state index in [1.54, 1.807) is 0 Å². The van der Waals surface area contributed by atoms with Gasteiger partial charge in [-0.2, -0.15) is 0 Å². The fourth-order valence-corrected chi connectivity index (χ4v) is 2.77. The maximum atomic E-state index is 12.2. The lowest BCUT2D eigenvalue weighted by Crippen LogP contribution is -2.39. The maximum absolute atomic E-state index is 12.2. The molecular weight excluding hydrogens is 272 g/mol. The Morgan fingerprint density at radius 1 is 1.30 bits per heavy atom. The van der Waals surface area contributed by atoms with Crippen molar-refractivity contribution >= 4 is 17.5 Å². The molecule has 110 valence electrons. The first kappa shape index (κ1) is 15.3. The van der Waals surface area contributed by atoms with Gasteiger partial charge >= 0.3 is 0 Å². The number of halogens is 1. The van der Waals surface area contributed by atoms with E-state index in [2.05, 4.69) is 4.90 Å². The van der Waals surface area contributed by atoms with Crippen molar-refractivity contribution in [1.82, 2.24) is 9.80 Å². The van der Waals surface area contributed by atoms with Crippen LogP contribution in [-0.4, -0.2) is 48.9 Å². The summed E-state index contributed by atoms with van der Waals surface area (Å²) >= 11 is 5.94. The standard InChI is InChI=1S/C16H23ClN2O/c1-18(10-11-19-8-3-2-4-9-19)16(20)13-14-6-5-7-15(17)12-14/h5-7,12H,2-4,8-11,13H2,1H3. The third-order valence-electron chi connectivity index (χ3n) is 3.87. The molecule has 1 aromatic rings. The summed E-state index contributed by atoms with van der Waals surface area (Å²) in [6.07, 6.45) is 4.36. The van der Waals surface area contributed by atoms with Crippen LogP contribution in [0.25, 0.3) is 0 Å². The lowest BCUT2D eigenvalue weighted by Gasteiger charge is -2.28. The summed E-state index contributed by atoms with van der Waals surface area (Å²) in [6, 6.07) is 7.52. The van der Waals surface area contributed by atoms with E-state index in [9.17, 15) is 4.79 Å². The number of hydrogen-bond acceptors (Lipinski definition) is 2. The predicted molar refractivity (Wildman–Crippen MR) is 83.1 cm³/mol. The van der Waals surface area contributed by atoms with E-state index in [1.807, 2.05) is 36.2 Å². The second-order valence-corrected chi connectivity index (χ2v) is 5.96. The normalized spacial score (nSPS) is 16.1. The molecule has 1 aromatic carbocycles. The number of carbonyl (C=O) groups excluding carboxylic acids is 1. The van der Waals surface area contributed by atoms with E-state index >= 15 is 0 Å². The van der Waals surface area contributed by atoms with Gasteiger partial charge in [0.25, 0.3) is 0 Å². The minimum absolute atomic E-state index is 0.157. The molecule has 3 nitrogen and oxygen atoms in total. The number of rotatable bonds is 5. The molecule has 0 aliphatic carbocycles. The van der Waals surface area contributed by atoms with Crippen LogP contribution in [0.3, 0.4) is 0 Å². The van der Waals surface area contributed by atoms with Crippen molar-refractivity contribution in [2.45, 2.75) is 25.7 Å². The molecule has 0 bridgehead atoms. The molecule has 0 atom stereocenters. The maximum Gasteiger partial charge on any atom is 0.226 e. The topological polar surface area (TPSA) is 23.6 Å². The largest absolute Gasteiger partial charge is 0.344 e. The first-order valence-electron chi connectivity index (χ1n) is 7.36. The number of nitrogens with zero attached hydrogens (tertiary/aromatic N) is 2. The highest BCUT2D eigenvalue weighted by Crippen LogP contribution is 2.12. The van der Waals surface area contributed by atoms with E-state index in [1.165, 1.54) is 32.4 Å². The van der Waals surface area contributed by atoms with Crippen LogP contribution < -0.4 is 0 Å². The molecule has 1 saturated heterocycles. The second kappa shape index (κ2) is 7.65. The third kappa shape index (κ3) is 4.80. The second-order valence-electron chi connectivity index (χ2n) is 5.52. The van der Waals surface area contributed by atoms with Gasteiger partial charge in [0.2, 0.25) is 5.91 Å². The summed E-state index contributed by atoms with van der Waals surface area (Å²) in [5, 5.41) is 0.686. The molecule has 4 heteroatoms. The average molecular weight is 295 g/mol. The number of likely N-dealkylation sites (N-methyl/N-ethyl adjacent to an activating group) is 1. The van der Waals surface area contributed by atoms with Gasteiger partial charge in [-0.25, -0.2) is 0 Å². The van der Waals surface area contributed by atoms with Crippen LogP contribution in [0.4, 0.5) is 0 Å². The molecule has 1 heterocycles. The van der Waals surface area contributed by atoms with Crippen molar-refractivity contribution in [3.63, 3.8) is 0 Å². The van der Waals surface area contributed by atoms with Gasteiger partial charge in [-0.3, -0.25) is 4.79 Å². The molecule has 1 aliphatic rings. The number of carbonyl (C=O) groups is 1. The van der Waals surface area contributed by atoms with Crippen molar-refractivity contribution in [2.24, 2.45) is 0 Å². The van der Waals surface area contributed by atoms with Gasteiger partial charge in [0, 0.05) is 25.2 Å². The van der Waals surface area contributed by atoms with Gasteiger partial charge in [0.05, 0.1) is 6.42 Å². The van der Waals surface area contributed by atoms with Gasteiger partial charge in [-0.05, 0) is 43.6 Å². The van der Waals surface area contributed by atoms with Gasteiger partial charge in [-0.1, -0.05) is 30.2 Å². The van der Waals surface area contributed by atoms with E-state index in [-0.39, 0.29) is 5.91 Å². The van der Waals surface area contributed by atoms with Crippen LogP contribution in [-0.2, 0) is 11.2 Å². The minimum Gasteiger partial charge on any atom is -0.344 e. The SMILES string of the molecule is CN(CCN1CCCCC1)C(=O)Cc1cccc(Cl)c1. The molecule has 0 saturated carbocycles.